The van der Waals surface area contributed by atoms with E-state index in [4.69, 9.17) is 9.84 Å². The van der Waals surface area contributed by atoms with Crippen LogP contribution in [0.4, 0.5) is 5.69 Å². The summed E-state index contributed by atoms with van der Waals surface area (Å²) in [5, 5.41) is 21.4. The van der Waals surface area contributed by atoms with Crippen LogP contribution in [0.15, 0.2) is 70.7 Å². The molecule has 0 heterocycles. The van der Waals surface area contributed by atoms with Crippen LogP contribution in [0.2, 0.25) is 0 Å². The zero-order chi connectivity index (χ0) is 24.0. The van der Waals surface area contributed by atoms with Crippen LogP contribution in [0.1, 0.15) is 32.6 Å². The highest BCUT2D eigenvalue weighted by atomic mass is 79.9. The van der Waals surface area contributed by atoms with E-state index in [0.29, 0.717) is 17.0 Å². The number of ether oxygens (including phenoxy) is 1. The lowest BCUT2D eigenvalue weighted by molar-refractivity contribution is -0.112. The molecular formula is C26H21BrN2O4. The van der Waals surface area contributed by atoms with E-state index in [1.807, 2.05) is 32.0 Å². The molecule has 0 saturated heterocycles. The molecular weight excluding hydrogens is 484 g/mol. The van der Waals surface area contributed by atoms with Crippen molar-refractivity contribution >= 4 is 39.6 Å². The monoisotopic (exact) mass is 504 g/mol. The van der Waals surface area contributed by atoms with Crippen LogP contribution >= 0.6 is 15.9 Å². The van der Waals surface area contributed by atoms with Crippen molar-refractivity contribution < 1.29 is 19.4 Å². The average Bonchev–Trinajstić information content (AvgIpc) is 2.79. The third-order valence-electron chi connectivity index (χ3n) is 5.00. The standard InChI is InChI=1S/C26H21BrN2O4/c1-16-3-9-23(11-17(16)2)29-25(30)21(14-28)12-20-13-22(27)8-10-24(20)33-15-18-4-6-19(7-5-18)26(31)32/h3-13H,15H2,1-2H3,(H,29,30)(H,31,32)/b21-12+. The Balaban J connectivity index is 1.81. The molecule has 0 spiro atoms. The third kappa shape index (κ3) is 6.31. The van der Waals surface area contributed by atoms with Gasteiger partial charge in [0.25, 0.3) is 5.91 Å². The van der Waals surface area contributed by atoms with Crippen molar-refractivity contribution in [1.82, 2.24) is 0 Å². The lowest BCUT2D eigenvalue weighted by Crippen LogP contribution is -2.13. The number of nitrogens with zero attached hydrogens (tertiary/aromatic N) is 1. The highest BCUT2D eigenvalue weighted by molar-refractivity contribution is 9.10. The smallest absolute Gasteiger partial charge is 0.335 e. The fraction of sp³-hybridized carbons (Fsp3) is 0.115. The van der Waals surface area contributed by atoms with Crippen LogP contribution in [0.3, 0.4) is 0 Å². The Bertz CT molecular complexity index is 1270. The van der Waals surface area contributed by atoms with Gasteiger partial charge in [0.1, 0.15) is 24.0 Å². The van der Waals surface area contributed by atoms with Crippen molar-refractivity contribution in [3.05, 3.63) is 98.5 Å². The van der Waals surface area contributed by atoms with E-state index in [-0.39, 0.29) is 17.7 Å². The first-order valence-electron chi connectivity index (χ1n) is 10.0. The van der Waals surface area contributed by atoms with E-state index >= 15 is 0 Å². The van der Waals surface area contributed by atoms with Gasteiger partial charge < -0.3 is 15.2 Å². The Labute approximate surface area is 200 Å². The van der Waals surface area contributed by atoms with Gasteiger partial charge >= 0.3 is 5.97 Å². The molecule has 0 bridgehead atoms. The van der Waals surface area contributed by atoms with E-state index in [2.05, 4.69) is 21.2 Å². The predicted octanol–water partition coefficient (Wildman–Crippen LogP) is 5.89. The predicted molar refractivity (Wildman–Crippen MR) is 130 cm³/mol. The summed E-state index contributed by atoms with van der Waals surface area (Å²) in [6.45, 7) is 4.13. The van der Waals surface area contributed by atoms with Gasteiger partial charge in [-0.25, -0.2) is 4.79 Å². The summed E-state index contributed by atoms with van der Waals surface area (Å²) in [7, 11) is 0. The zero-order valence-electron chi connectivity index (χ0n) is 18.1. The number of hydrogen-bond donors (Lipinski definition) is 2. The number of halogens is 1. The van der Waals surface area contributed by atoms with Crippen LogP contribution in [0, 0.1) is 25.2 Å². The van der Waals surface area contributed by atoms with Gasteiger partial charge in [-0.15, -0.1) is 0 Å². The molecule has 3 aromatic carbocycles. The van der Waals surface area contributed by atoms with Crippen molar-refractivity contribution in [3.63, 3.8) is 0 Å². The minimum Gasteiger partial charge on any atom is -0.488 e. The molecule has 0 fully saturated rings. The molecule has 166 valence electrons. The minimum atomic E-state index is -0.995. The number of hydrogen-bond acceptors (Lipinski definition) is 4. The number of nitrogens with one attached hydrogen (secondary N) is 1. The first-order valence-corrected chi connectivity index (χ1v) is 10.8. The van der Waals surface area contributed by atoms with Gasteiger partial charge in [0, 0.05) is 15.7 Å². The minimum absolute atomic E-state index is 0.0676. The Hall–Kier alpha value is -3.89. The van der Waals surface area contributed by atoms with E-state index in [1.165, 1.54) is 18.2 Å². The zero-order valence-corrected chi connectivity index (χ0v) is 19.6. The normalized spacial score (nSPS) is 10.9. The van der Waals surface area contributed by atoms with E-state index in [0.717, 1.165) is 21.2 Å². The number of nitriles is 1. The quantitative estimate of drug-likeness (QED) is 0.308. The molecule has 1 amide bonds. The molecule has 7 heteroatoms. The molecule has 33 heavy (non-hydrogen) atoms. The van der Waals surface area contributed by atoms with Crippen molar-refractivity contribution in [1.29, 1.82) is 5.26 Å². The largest absolute Gasteiger partial charge is 0.488 e. The van der Waals surface area contributed by atoms with Gasteiger partial charge in [0.05, 0.1) is 5.56 Å². The summed E-state index contributed by atoms with van der Waals surface area (Å²) < 4.78 is 6.66. The number of anilines is 1. The maximum Gasteiger partial charge on any atom is 0.335 e. The highest BCUT2D eigenvalue weighted by Crippen LogP contribution is 2.27. The maximum absolute atomic E-state index is 12.7. The molecule has 3 rings (SSSR count). The number of carbonyl (C=O) groups is 2. The first kappa shape index (κ1) is 23.8. The summed E-state index contributed by atoms with van der Waals surface area (Å²) in [5.74, 6) is -1.03. The van der Waals surface area contributed by atoms with Crippen molar-refractivity contribution in [3.8, 4) is 11.8 Å². The molecule has 0 unspecified atom stereocenters. The number of carboxylic acids is 1. The number of amides is 1. The summed E-state index contributed by atoms with van der Waals surface area (Å²) in [6, 6.07) is 19.2. The molecule has 0 atom stereocenters. The number of aryl methyl sites for hydroxylation is 2. The van der Waals surface area contributed by atoms with Crippen molar-refractivity contribution in [2.45, 2.75) is 20.5 Å². The van der Waals surface area contributed by atoms with Crippen LogP contribution in [-0.2, 0) is 11.4 Å². The number of benzene rings is 3. The van der Waals surface area contributed by atoms with Crippen molar-refractivity contribution in [2.24, 2.45) is 0 Å². The van der Waals surface area contributed by atoms with E-state index in [9.17, 15) is 14.9 Å². The molecule has 0 aliphatic carbocycles. The van der Waals surface area contributed by atoms with Gasteiger partial charge in [0.15, 0.2) is 0 Å². The average molecular weight is 505 g/mol. The SMILES string of the molecule is Cc1ccc(NC(=O)/C(C#N)=C/c2cc(Br)ccc2OCc2ccc(C(=O)O)cc2)cc1C. The maximum atomic E-state index is 12.7. The third-order valence-corrected chi connectivity index (χ3v) is 5.49. The second-order valence-corrected chi connectivity index (χ2v) is 8.31. The molecule has 0 saturated carbocycles. The number of carboxylic acid groups (broad SMARTS) is 1. The van der Waals surface area contributed by atoms with Crippen LogP contribution in [0.5, 0.6) is 5.75 Å². The molecule has 2 N–H and O–H groups in total. The lowest BCUT2D eigenvalue weighted by atomic mass is 10.1. The van der Waals surface area contributed by atoms with Crippen LogP contribution < -0.4 is 10.1 Å². The Morgan fingerprint density at radius 2 is 1.79 bits per heavy atom. The molecule has 0 aliphatic heterocycles. The Morgan fingerprint density at radius 3 is 2.42 bits per heavy atom. The number of aromatic carboxylic acids is 1. The van der Waals surface area contributed by atoms with E-state index in [1.54, 1.807) is 36.4 Å². The molecule has 0 radical (unpaired) electrons. The fourth-order valence-electron chi connectivity index (χ4n) is 2.99. The van der Waals surface area contributed by atoms with Gasteiger partial charge in [-0.05, 0) is 79.1 Å². The summed E-state index contributed by atoms with van der Waals surface area (Å²) in [5.41, 5.74) is 4.22. The fourth-order valence-corrected chi connectivity index (χ4v) is 3.37. The second kappa shape index (κ2) is 10.6. The second-order valence-electron chi connectivity index (χ2n) is 7.40. The molecule has 3 aromatic rings. The first-order chi connectivity index (χ1) is 15.8. The summed E-state index contributed by atoms with van der Waals surface area (Å²) in [4.78, 5) is 23.7. The van der Waals surface area contributed by atoms with Gasteiger partial charge in [-0.2, -0.15) is 5.26 Å². The lowest BCUT2D eigenvalue weighted by Gasteiger charge is -2.11. The topological polar surface area (TPSA) is 99.4 Å². The van der Waals surface area contributed by atoms with Gasteiger partial charge in [-0.1, -0.05) is 34.1 Å². The Kier molecular flexibility index (Phi) is 7.65. The van der Waals surface area contributed by atoms with E-state index < -0.39 is 11.9 Å². The number of carbonyl (C=O) groups excluding carboxylic acids is 1. The summed E-state index contributed by atoms with van der Waals surface area (Å²) >= 11 is 3.41. The molecule has 0 aromatic heterocycles. The van der Waals surface area contributed by atoms with Crippen LogP contribution in [0.25, 0.3) is 6.08 Å². The molecule has 0 aliphatic rings. The summed E-state index contributed by atoms with van der Waals surface area (Å²) in [6.07, 6.45) is 1.48. The number of rotatable bonds is 7. The van der Waals surface area contributed by atoms with Gasteiger partial charge in [0.2, 0.25) is 0 Å². The molecule has 6 nitrogen and oxygen atoms in total. The van der Waals surface area contributed by atoms with Crippen LogP contribution in [-0.4, -0.2) is 17.0 Å². The van der Waals surface area contributed by atoms with Gasteiger partial charge in [-0.3, -0.25) is 4.79 Å². The Morgan fingerprint density at radius 1 is 1.06 bits per heavy atom. The highest BCUT2D eigenvalue weighted by Gasteiger charge is 2.13. The van der Waals surface area contributed by atoms with Crippen molar-refractivity contribution in [2.75, 3.05) is 5.32 Å².